The summed E-state index contributed by atoms with van der Waals surface area (Å²) in [6.07, 6.45) is 1.51. The lowest BCUT2D eigenvalue weighted by atomic mass is 10.1. The predicted molar refractivity (Wildman–Crippen MR) is 122 cm³/mol. The van der Waals surface area contributed by atoms with Gasteiger partial charge >= 0.3 is 5.97 Å². The molecule has 0 unspecified atom stereocenters. The first-order chi connectivity index (χ1) is 16.4. The fraction of sp³-hybridized carbons (Fsp3) is 0.120. The first kappa shape index (κ1) is 22.7. The molecule has 1 heterocycles. The first-order valence-corrected chi connectivity index (χ1v) is 10.2. The van der Waals surface area contributed by atoms with Crippen molar-refractivity contribution in [2.45, 2.75) is 13.5 Å². The van der Waals surface area contributed by atoms with Gasteiger partial charge in [0.2, 0.25) is 5.90 Å². The van der Waals surface area contributed by atoms with Crippen LogP contribution in [0.3, 0.4) is 0 Å². The molecule has 1 aliphatic rings. The van der Waals surface area contributed by atoms with Gasteiger partial charge in [0.05, 0.1) is 12.0 Å². The molecule has 0 N–H and O–H groups in total. The highest BCUT2D eigenvalue weighted by atomic mass is 19.1. The zero-order chi connectivity index (χ0) is 24.2. The van der Waals surface area contributed by atoms with Gasteiger partial charge < -0.3 is 14.2 Å². The lowest BCUT2D eigenvalue weighted by molar-refractivity contribution is -0.385. The molecule has 4 rings (SSSR count). The predicted octanol–water partition coefficient (Wildman–Crippen LogP) is 4.97. The zero-order valence-corrected chi connectivity index (χ0v) is 18.3. The quantitative estimate of drug-likeness (QED) is 0.213. The highest BCUT2D eigenvalue weighted by molar-refractivity contribution is 6.13. The lowest BCUT2D eigenvalue weighted by Crippen LogP contribution is -2.08. The van der Waals surface area contributed by atoms with Crippen LogP contribution in [0.15, 0.2) is 71.4 Å². The van der Waals surface area contributed by atoms with E-state index in [9.17, 15) is 19.3 Å². The molecule has 0 aliphatic carbocycles. The maximum atomic E-state index is 13.4. The van der Waals surface area contributed by atoms with Crippen LogP contribution in [0.5, 0.6) is 11.5 Å². The molecule has 34 heavy (non-hydrogen) atoms. The third kappa shape index (κ3) is 4.78. The van der Waals surface area contributed by atoms with Gasteiger partial charge in [-0.05, 0) is 54.5 Å². The average Bonchev–Trinajstić information content (AvgIpc) is 3.17. The van der Waals surface area contributed by atoms with Crippen molar-refractivity contribution in [3.05, 3.63) is 105 Å². The van der Waals surface area contributed by atoms with Crippen molar-refractivity contribution in [2.75, 3.05) is 7.11 Å². The summed E-state index contributed by atoms with van der Waals surface area (Å²) in [5, 5.41) is 11.2. The van der Waals surface area contributed by atoms with Crippen LogP contribution in [0.4, 0.5) is 10.1 Å². The van der Waals surface area contributed by atoms with E-state index in [-0.39, 0.29) is 29.7 Å². The number of carbonyl (C=O) groups excluding carboxylic acids is 1. The van der Waals surface area contributed by atoms with Crippen LogP contribution in [0.2, 0.25) is 0 Å². The maximum absolute atomic E-state index is 13.4. The minimum absolute atomic E-state index is 0.000498. The summed E-state index contributed by atoms with van der Waals surface area (Å²) in [4.78, 5) is 27.3. The van der Waals surface area contributed by atoms with Crippen LogP contribution < -0.4 is 9.47 Å². The van der Waals surface area contributed by atoms with E-state index in [2.05, 4.69) is 4.99 Å². The van der Waals surface area contributed by atoms with Crippen molar-refractivity contribution in [3.8, 4) is 11.5 Å². The SMILES string of the molecule is COc1cc(/C=C2\N=C(c3cccc([N+](=O)[O-])c3C)OC2=O)ccc1OCc1cccc(F)c1. The molecule has 0 spiro atoms. The van der Waals surface area contributed by atoms with Crippen LogP contribution in [0.1, 0.15) is 22.3 Å². The number of methoxy groups -OCH3 is 1. The normalized spacial score (nSPS) is 14.0. The Morgan fingerprint density at radius 2 is 1.91 bits per heavy atom. The highest BCUT2D eigenvalue weighted by Crippen LogP contribution is 2.31. The molecule has 0 fully saturated rings. The van der Waals surface area contributed by atoms with Crippen LogP contribution in [0.25, 0.3) is 6.08 Å². The minimum atomic E-state index is -0.675. The number of nitrogens with zero attached hydrogens (tertiary/aromatic N) is 2. The van der Waals surface area contributed by atoms with Crippen LogP contribution in [0, 0.1) is 22.9 Å². The third-order valence-corrected chi connectivity index (χ3v) is 5.13. The maximum Gasteiger partial charge on any atom is 0.363 e. The smallest absolute Gasteiger partial charge is 0.363 e. The number of carbonyl (C=O) groups is 1. The Bertz CT molecular complexity index is 1350. The number of halogens is 1. The van der Waals surface area contributed by atoms with E-state index < -0.39 is 10.9 Å². The van der Waals surface area contributed by atoms with Gasteiger partial charge in [-0.25, -0.2) is 14.2 Å². The Morgan fingerprint density at radius 3 is 2.65 bits per heavy atom. The van der Waals surface area contributed by atoms with Gasteiger partial charge in [0.25, 0.3) is 5.69 Å². The van der Waals surface area contributed by atoms with Gasteiger partial charge in [0.1, 0.15) is 12.4 Å². The van der Waals surface area contributed by atoms with Gasteiger partial charge in [-0.2, -0.15) is 0 Å². The Hall–Kier alpha value is -4.53. The van der Waals surface area contributed by atoms with Crippen molar-refractivity contribution in [1.82, 2.24) is 0 Å². The Labute approximate surface area is 194 Å². The second kappa shape index (κ2) is 9.53. The molecule has 0 radical (unpaired) electrons. The molecule has 9 heteroatoms. The van der Waals surface area contributed by atoms with Gasteiger partial charge in [0, 0.05) is 17.2 Å². The second-order valence-corrected chi connectivity index (χ2v) is 7.37. The number of hydrogen-bond donors (Lipinski definition) is 0. The molecule has 0 amide bonds. The molecule has 1 aliphatic heterocycles. The Balaban J connectivity index is 1.57. The summed E-state index contributed by atoms with van der Waals surface area (Å²) in [6, 6.07) is 15.6. The summed E-state index contributed by atoms with van der Waals surface area (Å²) >= 11 is 0. The number of cyclic esters (lactones) is 1. The summed E-state index contributed by atoms with van der Waals surface area (Å²) < 4.78 is 29.8. The zero-order valence-electron chi connectivity index (χ0n) is 18.3. The number of rotatable bonds is 7. The van der Waals surface area contributed by atoms with Gasteiger partial charge in [-0.15, -0.1) is 0 Å². The van der Waals surface area contributed by atoms with E-state index >= 15 is 0 Å². The molecule has 0 saturated heterocycles. The monoisotopic (exact) mass is 462 g/mol. The first-order valence-electron chi connectivity index (χ1n) is 10.2. The van der Waals surface area contributed by atoms with Crippen LogP contribution in [-0.2, 0) is 16.1 Å². The Kier molecular flexibility index (Phi) is 6.35. The summed E-state index contributed by atoms with van der Waals surface area (Å²) in [5.41, 5.74) is 1.93. The largest absolute Gasteiger partial charge is 0.493 e. The van der Waals surface area contributed by atoms with Gasteiger partial charge in [0.15, 0.2) is 17.2 Å². The molecule has 3 aromatic rings. The summed E-state index contributed by atoms with van der Waals surface area (Å²) in [5.74, 6) is -0.167. The number of esters is 1. The standard InChI is InChI=1S/C25H19FN2O6/c1-15-19(7-4-8-21(15)28(30)31)24-27-20(25(29)34-24)12-16-9-10-22(23(13-16)32-2)33-14-17-5-3-6-18(26)11-17/h3-13H,14H2,1-2H3/b20-12-. The number of nitro groups is 1. The topological polar surface area (TPSA) is 100 Å². The van der Waals surface area contributed by atoms with Crippen molar-refractivity contribution in [2.24, 2.45) is 4.99 Å². The van der Waals surface area contributed by atoms with Crippen LogP contribution >= 0.6 is 0 Å². The van der Waals surface area contributed by atoms with Crippen LogP contribution in [-0.4, -0.2) is 23.9 Å². The van der Waals surface area contributed by atoms with E-state index in [1.807, 2.05) is 0 Å². The third-order valence-electron chi connectivity index (χ3n) is 5.13. The summed E-state index contributed by atoms with van der Waals surface area (Å²) in [7, 11) is 1.48. The molecule has 172 valence electrons. The van der Waals surface area contributed by atoms with E-state index in [0.29, 0.717) is 33.8 Å². The number of nitro benzene ring substituents is 1. The number of ether oxygens (including phenoxy) is 3. The van der Waals surface area contributed by atoms with Gasteiger partial charge in [-0.3, -0.25) is 10.1 Å². The van der Waals surface area contributed by atoms with Crippen molar-refractivity contribution in [1.29, 1.82) is 0 Å². The van der Waals surface area contributed by atoms with Crippen molar-refractivity contribution >= 4 is 23.6 Å². The molecule has 0 aromatic heterocycles. The molecular formula is C25H19FN2O6. The van der Waals surface area contributed by atoms with Gasteiger partial charge in [-0.1, -0.05) is 24.3 Å². The van der Waals surface area contributed by atoms with E-state index in [0.717, 1.165) is 0 Å². The highest BCUT2D eigenvalue weighted by Gasteiger charge is 2.27. The fourth-order valence-corrected chi connectivity index (χ4v) is 3.42. The average molecular weight is 462 g/mol. The Morgan fingerprint density at radius 1 is 1.12 bits per heavy atom. The van der Waals surface area contributed by atoms with Crippen molar-refractivity contribution < 1.29 is 28.3 Å². The molecule has 0 saturated carbocycles. The number of hydrogen-bond acceptors (Lipinski definition) is 7. The number of aliphatic imine (C=N–C) groups is 1. The molecular weight excluding hydrogens is 443 g/mol. The van der Waals surface area contributed by atoms with E-state index in [1.54, 1.807) is 43.3 Å². The minimum Gasteiger partial charge on any atom is -0.493 e. The molecule has 0 atom stereocenters. The molecule has 0 bridgehead atoms. The van der Waals surface area contributed by atoms with E-state index in [4.69, 9.17) is 14.2 Å². The second-order valence-electron chi connectivity index (χ2n) is 7.37. The number of benzene rings is 3. The van der Waals surface area contributed by atoms with Crippen molar-refractivity contribution in [3.63, 3.8) is 0 Å². The fourth-order valence-electron chi connectivity index (χ4n) is 3.42. The lowest BCUT2D eigenvalue weighted by Gasteiger charge is -2.11. The molecule has 8 nitrogen and oxygen atoms in total. The summed E-state index contributed by atoms with van der Waals surface area (Å²) in [6.45, 7) is 1.72. The molecule has 3 aromatic carbocycles. The van der Waals surface area contributed by atoms with E-state index in [1.165, 1.54) is 37.5 Å².